The van der Waals surface area contributed by atoms with Crippen molar-refractivity contribution in [1.29, 1.82) is 0 Å². The van der Waals surface area contributed by atoms with E-state index in [1.165, 1.54) is 12.8 Å². The maximum Gasteiger partial charge on any atom is 0.223 e. The van der Waals surface area contributed by atoms with Gasteiger partial charge >= 0.3 is 0 Å². The summed E-state index contributed by atoms with van der Waals surface area (Å²) in [5, 5.41) is 6.52. The molecule has 0 bridgehead atoms. The van der Waals surface area contributed by atoms with Crippen molar-refractivity contribution in [2.45, 2.75) is 32.2 Å². The van der Waals surface area contributed by atoms with Crippen LogP contribution in [0.4, 0.5) is 0 Å². The third kappa shape index (κ3) is 4.48. The van der Waals surface area contributed by atoms with E-state index in [1.807, 2.05) is 0 Å². The number of piperidine rings is 1. The minimum Gasteiger partial charge on any atom is -0.379 e. The van der Waals surface area contributed by atoms with Gasteiger partial charge in [-0.3, -0.25) is 9.69 Å². The Morgan fingerprint density at radius 1 is 1.36 bits per heavy atom. The molecule has 2 unspecified atom stereocenters. The van der Waals surface area contributed by atoms with Crippen LogP contribution in [0, 0.1) is 11.3 Å². The summed E-state index contributed by atoms with van der Waals surface area (Å²) in [6, 6.07) is 0.470. The summed E-state index contributed by atoms with van der Waals surface area (Å²) in [7, 11) is 0. The van der Waals surface area contributed by atoms with Gasteiger partial charge in [-0.25, -0.2) is 0 Å². The van der Waals surface area contributed by atoms with E-state index in [0.29, 0.717) is 11.5 Å². The first kappa shape index (κ1) is 20.0. The fourth-order valence-electron chi connectivity index (χ4n) is 3.74. The molecule has 2 atom stereocenters. The van der Waals surface area contributed by atoms with E-state index in [2.05, 4.69) is 22.5 Å². The largest absolute Gasteiger partial charge is 0.379 e. The van der Waals surface area contributed by atoms with Crippen molar-refractivity contribution in [3.8, 4) is 0 Å². The van der Waals surface area contributed by atoms with Crippen molar-refractivity contribution in [3.05, 3.63) is 0 Å². The molecule has 5 nitrogen and oxygen atoms in total. The van der Waals surface area contributed by atoms with Gasteiger partial charge < -0.3 is 15.4 Å². The Kier molecular flexibility index (Phi) is 7.89. The van der Waals surface area contributed by atoms with Crippen LogP contribution < -0.4 is 10.6 Å². The Bertz CT molecular complexity index is 365. The molecule has 1 aliphatic carbocycles. The maximum absolute atomic E-state index is 12.2. The van der Waals surface area contributed by atoms with Crippen molar-refractivity contribution in [2.24, 2.45) is 11.3 Å². The number of hydrogen-bond donors (Lipinski definition) is 2. The van der Waals surface area contributed by atoms with Crippen molar-refractivity contribution in [2.75, 3.05) is 45.9 Å². The van der Waals surface area contributed by atoms with Gasteiger partial charge in [0.2, 0.25) is 5.91 Å². The monoisotopic (exact) mass is 353 g/mol. The minimum atomic E-state index is 0. The molecule has 0 aromatic rings. The lowest BCUT2D eigenvalue weighted by Crippen LogP contribution is -2.47. The first-order valence-corrected chi connectivity index (χ1v) is 8.01. The highest BCUT2D eigenvalue weighted by atomic mass is 35.5. The molecule has 2 N–H and O–H groups in total. The van der Waals surface area contributed by atoms with Crippen LogP contribution in [0.2, 0.25) is 0 Å². The van der Waals surface area contributed by atoms with Gasteiger partial charge in [-0.05, 0) is 44.7 Å². The number of morpholine rings is 1. The number of hydrogen-bond acceptors (Lipinski definition) is 4. The quantitative estimate of drug-likeness (QED) is 0.793. The first-order valence-electron chi connectivity index (χ1n) is 8.01. The number of carbonyl (C=O) groups excluding carboxylic acids is 1. The Labute approximate surface area is 145 Å². The van der Waals surface area contributed by atoms with E-state index < -0.39 is 0 Å². The van der Waals surface area contributed by atoms with E-state index in [4.69, 9.17) is 4.74 Å². The van der Waals surface area contributed by atoms with Crippen LogP contribution in [-0.2, 0) is 9.53 Å². The molecule has 3 fully saturated rings. The zero-order valence-electron chi connectivity index (χ0n) is 13.3. The van der Waals surface area contributed by atoms with Crippen LogP contribution in [0.25, 0.3) is 0 Å². The number of rotatable bonds is 4. The Hall–Kier alpha value is -0.0700. The first-order chi connectivity index (χ1) is 9.71. The smallest absolute Gasteiger partial charge is 0.223 e. The number of ether oxygens (including phenoxy) is 1. The van der Waals surface area contributed by atoms with Crippen LogP contribution in [0.5, 0.6) is 0 Å². The minimum absolute atomic E-state index is 0. The van der Waals surface area contributed by atoms with Gasteiger partial charge in [0.1, 0.15) is 0 Å². The van der Waals surface area contributed by atoms with E-state index >= 15 is 0 Å². The molecule has 7 heteroatoms. The lowest BCUT2D eigenvalue weighted by Gasteiger charge is -2.33. The third-order valence-corrected chi connectivity index (χ3v) is 5.31. The molecule has 22 heavy (non-hydrogen) atoms. The molecule has 2 saturated heterocycles. The molecule has 1 spiro atoms. The van der Waals surface area contributed by atoms with E-state index in [1.54, 1.807) is 0 Å². The molecular weight excluding hydrogens is 325 g/mol. The molecule has 130 valence electrons. The SMILES string of the molecule is CC1COCCN1CCNC(=O)C1CC12CCNCC2.Cl.Cl. The Morgan fingerprint density at radius 3 is 2.77 bits per heavy atom. The summed E-state index contributed by atoms with van der Waals surface area (Å²) >= 11 is 0. The average molecular weight is 354 g/mol. The number of amides is 1. The van der Waals surface area contributed by atoms with Crippen LogP contribution >= 0.6 is 24.8 Å². The number of nitrogens with zero attached hydrogens (tertiary/aromatic N) is 1. The Balaban J connectivity index is 0.00000121. The average Bonchev–Trinajstić information content (AvgIpc) is 3.15. The molecule has 3 rings (SSSR count). The molecule has 0 aromatic heterocycles. The molecule has 3 aliphatic rings. The number of nitrogens with one attached hydrogen (secondary N) is 2. The lowest BCUT2D eigenvalue weighted by atomic mass is 9.92. The zero-order chi connectivity index (χ0) is 14.0. The molecule has 2 heterocycles. The Morgan fingerprint density at radius 2 is 2.09 bits per heavy atom. The van der Waals surface area contributed by atoms with Crippen molar-refractivity contribution >= 4 is 30.7 Å². The molecular formula is C15H29Cl2N3O2. The van der Waals surface area contributed by atoms with Gasteiger partial charge in [0.25, 0.3) is 0 Å². The highest BCUT2D eigenvalue weighted by Crippen LogP contribution is 2.58. The van der Waals surface area contributed by atoms with Crippen molar-refractivity contribution in [1.82, 2.24) is 15.5 Å². The summed E-state index contributed by atoms with van der Waals surface area (Å²) in [4.78, 5) is 14.6. The standard InChI is InChI=1S/C15H27N3O2.2ClH/c1-12-11-20-9-8-18(12)7-6-17-14(19)13-10-15(13)2-4-16-5-3-15;;/h12-13,16H,2-11H2,1H3,(H,17,19);2*1H. The third-order valence-electron chi connectivity index (χ3n) is 5.31. The van der Waals surface area contributed by atoms with Crippen LogP contribution in [0.3, 0.4) is 0 Å². The lowest BCUT2D eigenvalue weighted by molar-refractivity contribution is -0.123. The molecule has 2 aliphatic heterocycles. The second-order valence-electron chi connectivity index (χ2n) is 6.62. The van der Waals surface area contributed by atoms with Gasteiger partial charge in [-0.15, -0.1) is 24.8 Å². The summed E-state index contributed by atoms with van der Waals surface area (Å²) in [5.74, 6) is 0.569. The van der Waals surface area contributed by atoms with Crippen molar-refractivity contribution < 1.29 is 9.53 Å². The number of halogens is 2. The molecule has 1 amide bonds. The van der Waals surface area contributed by atoms with Gasteiger partial charge in [-0.1, -0.05) is 0 Å². The van der Waals surface area contributed by atoms with E-state index in [-0.39, 0.29) is 36.6 Å². The second kappa shape index (κ2) is 8.69. The fourth-order valence-corrected chi connectivity index (χ4v) is 3.74. The zero-order valence-corrected chi connectivity index (χ0v) is 14.9. The fraction of sp³-hybridized carbons (Fsp3) is 0.933. The molecule has 0 aromatic carbocycles. The topological polar surface area (TPSA) is 53.6 Å². The van der Waals surface area contributed by atoms with Crippen LogP contribution in [0.1, 0.15) is 26.2 Å². The predicted molar refractivity (Wildman–Crippen MR) is 92.0 cm³/mol. The number of carbonyl (C=O) groups is 1. The van der Waals surface area contributed by atoms with E-state index in [0.717, 1.165) is 52.4 Å². The summed E-state index contributed by atoms with van der Waals surface area (Å²) in [6.07, 6.45) is 3.45. The molecule has 0 radical (unpaired) electrons. The summed E-state index contributed by atoms with van der Waals surface area (Å²) < 4.78 is 5.43. The maximum atomic E-state index is 12.2. The van der Waals surface area contributed by atoms with Gasteiger partial charge in [-0.2, -0.15) is 0 Å². The van der Waals surface area contributed by atoms with E-state index in [9.17, 15) is 4.79 Å². The predicted octanol–water partition coefficient (Wildman–Crippen LogP) is 1.06. The van der Waals surface area contributed by atoms with Crippen LogP contribution in [-0.4, -0.2) is 62.8 Å². The highest BCUT2D eigenvalue weighted by Gasteiger charge is 2.57. The summed E-state index contributed by atoms with van der Waals surface area (Å²) in [6.45, 7) is 8.67. The van der Waals surface area contributed by atoms with Gasteiger partial charge in [0, 0.05) is 31.6 Å². The van der Waals surface area contributed by atoms with Gasteiger partial charge in [0.15, 0.2) is 0 Å². The van der Waals surface area contributed by atoms with Crippen LogP contribution in [0.15, 0.2) is 0 Å². The normalized spacial score (nSPS) is 30.0. The van der Waals surface area contributed by atoms with Crippen molar-refractivity contribution in [3.63, 3.8) is 0 Å². The summed E-state index contributed by atoms with van der Waals surface area (Å²) in [5.41, 5.74) is 0.349. The van der Waals surface area contributed by atoms with Gasteiger partial charge in [0.05, 0.1) is 13.2 Å². The molecule has 1 saturated carbocycles. The second-order valence-corrected chi connectivity index (χ2v) is 6.62. The highest BCUT2D eigenvalue weighted by molar-refractivity contribution is 5.85.